The van der Waals surface area contributed by atoms with Crippen LogP contribution in [0.1, 0.15) is 58.8 Å². The Morgan fingerprint density at radius 1 is 1.25 bits per heavy atom. The second kappa shape index (κ2) is 8.08. The van der Waals surface area contributed by atoms with Gasteiger partial charge in [-0.3, -0.25) is 0 Å². The third kappa shape index (κ3) is 5.31. The minimum absolute atomic E-state index is 0.161. The van der Waals surface area contributed by atoms with Crippen LogP contribution in [0.15, 0.2) is 0 Å². The van der Waals surface area contributed by atoms with Crippen molar-refractivity contribution >= 4 is 0 Å². The molecule has 1 N–H and O–H groups in total. The average Bonchev–Trinajstić information content (AvgIpc) is 2.34. The molecule has 1 unspecified atom stereocenters. The van der Waals surface area contributed by atoms with Gasteiger partial charge >= 0.3 is 0 Å². The average molecular weight is 228 g/mol. The van der Waals surface area contributed by atoms with Crippen LogP contribution >= 0.6 is 0 Å². The Morgan fingerprint density at radius 3 is 2.50 bits per heavy atom. The van der Waals surface area contributed by atoms with Crippen LogP contribution in [0.3, 0.4) is 0 Å². The SMILES string of the molecule is CCC(C)CCC1CCC(OCCO)CC1. The van der Waals surface area contributed by atoms with Gasteiger partial charge in [-0.1, -0.05) is 33.1 Å². The molecule has 0 radical (unpaired) electrons. The summed E-state index contributed by atoms with van der Waals surface area (Å²) < 4.78 is 5.58. The number of rotatable bonds is 7. The zero-order valence-electron chi connectivity index (χ0n) is 11.0. The lowest BCUT2D eigenvalue weighted by Gasteiger charge is -2.29. The first kappa shape index (κ1) is 14.0. The molecule has 1 fully saturated rings. The summed E-state index contributed by atoms with van der Waals surface area (Å²) in [6.07, 6.45) is 9.59. The fourth-order valence-electron chi connectivity index (χ4n) is 2.53. The first-order valence-corrected chi connectivity index (χ1v) is 6.98. The van der Waals surface area contributed by atoms with Crippen molar-refractivity contribution in [2.24, 2.45) is 11.8 Å². The summed E-state index contributed by atoms with van der Waals surface area (Å²) in [5.74, 6) is 1.83. The van der Waals surface area contributed by atoms with Crippen molar-refractivity contribution in [2.45, 2.75) is 64.9 Å². The van der Waals surface area contributed by atoms with E-state index in [0.29, 0.717) is 12.7 Å². The van der Waals surface area contributed by atoms with Crippen LogP contribution < -0.4 is 0 Å². The lowest BCUT2D eigenvalue weighted by Crippen LogP contribution is -2.23. The molecule has 0 amide bonds. The topological polar surface area (TPSA) is 29.5 Å². The highest BCUT2D eigenvalue weighted by Gasteiger charge is 2.21. The summed E-state index contributed by atoms with van der Waals surface area (Å²) in [6, 6.07) is 0. The van der Waals surface area contributed by atoms with Crippen molar-refractivity contribution < 1.29 is 9.84 Å². The maximum Gasteiger partial charge on any atom is 0.0701 e. The first-order chi connectivity index (χ1) is 7.76. The molecule has 1 aliphatic carbocycles. The molecule has 0 aliphatic heterocycles. The molecule has 0 heterocycles. The van der Waals surface area contributed by atoms with Crippen LogP contribution in [0.25, 0.3) is 0 Å². The van der Waals surface area contributed by atoms with Gasteiger partial charge in [-0.05, 0) is 37.5 Å². The summed E-state index contributed by atoms with van der Waals surface area (Å²) in [6.45, 7) is 5.32. The predicted octanol–water partition coefficient (Wildman–Crippen LogP) is 3.38. The van der Waals surface area contributed by atoms with E-state index < -0.39 is 0 Å². The van der Waals surface area contributed by atoms with Gasteiger partial charge in [0.2, 0.25) is 0 Å². The first-order valence-electron chi connectivity index (χ1n) is 6.98. The van der Waals surface area contributed by atoms with Gasteiger partial charge < -0.3 is 9.84 Å². The molecule has 0 saturated heterocycles. The summed E-state index contributed by atoms with van der Waals surface area (Å²) in [5, 5.41) is 8.70. The number of ether oxygens (including phenoxy) is 1. The molecule has 1 saturated carbocycles. The molecular weight excluding hydrogens is 200 g/mol. The lowest BCUT2D eigenvalue weighted by molar-refractivity contribution is -0.000566. The molecule has 1 aliphatic rings. The molecule has 16 heavy (non-hydrogen) atoms. The number of hydrogen-bond donors (Lipinski definition) is 1. The van der Waals surface area contributed by atoms with Gasteiger partial charge in [-0.15, -0.1) is 0 Å². The van der Waals surface area contributed by atoms with Gasteiger partial charge in [0.15, 0.2) is 0 Å². The predicted molar refractivity (Wildman–Crippen MR) is 67.5 cm³/mol. The maximum atomic E-state index is 8.70. The van der Waals surface area contributed by atoms with E-state index in [1.54, 1.807) is 0 Å². The molecule has 96 valence electrons. The maximum absolute atomic E-state index is 8.70. The van der Waals surface area contributed by atoms with Gasteiger partial charge in [-0.2, -0.15) is 0 Å². The van der Waals surface area contributed by atoms with Crippen LogP contribution in [-0.2, 0) is 4.74 Å². The highest BCUT2D eigenvalue weighted by Crippen LogP contribution is 2.30. The van der Waals surface area contributed by atoms with Crippen LogP contribution in [-0.4, -0.2) is 24.4 Å². The monoisotopic (exact) mass is 228 g/mol. The smallest absolute Gasteiger partial charge is 0.0701 e. The van der Waals surface area contributed by atoms with Crippen molar-refractivity contribution in [2.75, 3.05) is 13.2 Å². The van der Waals surface area contributed by atoms with Crippen LogP contribution in [0.2, 0.25) is 0 Å². The number of aliphatic hydroxyl groups excluding tert-OH is 1. The molecule has 0 aromatic heterocycles. The molecule has 0 aromatic carbocycles. The van der Waals surface area contributed by atoms with Gasteiger partial charge in [0.1, 0.15) is 0 Å². The number of hydrogen-bond acceptors (Lipinski definition) is 2. The van der Waals surface area contributed by atoms with E-state index in [-0.39, 0.29) is 6.61 Å². The standard InChI is InChI=1S/C14H28O2/c1-3-12(2)4-5-13-6-8-14(9-7-13)16-11-10-15/h12-15H,3-11H2,1-2H3. The van der Waals surface area contributed by atoms with Crippen molar-refractivity contribution in [3.05, 3.63) is 0 Å². The molecular formula is C14H28O2. The van der Waals surface area contributed by atoms with Crippen LogP contribution in [0.4, 0.5) is 0 Å². The Labute approximate surface area is 100 Å². The normalized spacial score (nSPS) is 27.9. The van der Waals surface area contributed by atoms with Gasteiger partial charge in [-0.25, -0.2) is 0 Å². The minimum Gasteiger partial charge on any atom is -0.394 e. The second-order valence-electron chi connectivity index (χ2n) is 5.33. The second-order valence-corrected chi connectivity index (χ2v) is 5.33. The lowest BCUT2D eigenvalue weighted by atomic mass is 9.83. The summed E-state index contributed by atoms with van der Waals surface area (Å²) in [7, 11) is 0. The van der Waals surface area contributed by atoms with E-state index >= 15 is 0 Å². The van der Waals surface area contributed by atoms with Crippen LogP contribution in [0.5, 0.6) is 0 Å². The zero-order valence-corrected chi connectivity index (χ0v) is 11.0. The largest absolute Gasteiger partial charge is 0.394 e. The molecule has 1 atom stereocenters. The van der Waals surface area contributed by atoms with Crippen molar-refractivity contribution in [3.63, 3.8) is 0 Å². The fraction of sp³-hybridized carbons (Fsp3) is 1.00. The summed E-state index contributed by atoms with van der Waals surface area (Å²) in [5.41, 5.74) is 0. The van der Waals surface area contributed by atoms with Crippen molar-refractivity contribution in [3.8, 4) is 0 Å². The van der Waals surface area contributed by atoms with Gasteiger partial charge in [0, 0.05) is 0 Å². The Bertz CT molecular complexity index is 162. The van der Waals surface area contributed by atoms with E-state index in [2.05, 4.69) is 13.8 Å². The highest BCUT2D eigenvalue weighted by molar-refractivity contribution is 4.73. The van der Waals surface area contributed by atoms with Crippen LogP contribution in [0, 0.1) is 11.8 Å². The molecule has 1 rings (SSSR count). The van der Waals surface area contributed by atoms with E-state index in [9.17, 15) is 0 Å². The Morgan fingerprint density at radius 2 is 1.94 bits per heavy atom. The zero-order chi connectivity index (χ0) is 11.8. The summed E-state index contributed by atoms with van der Waals surface area (Å²) in [4.78, 5) is 0. The Balaban J connectivity index is 2.07. The minimum atomic E-state index is 0.161. The Kier molecular flexibility index (Phi) is 7.06. The Hall–Kier alpha value is -0.0800. The van der Waals surface area contributed by atoms with Crippen molar-refractivity contribution in [1.29, 1.82) is 0 Å². The van der Waals surface area contributed by atoms with E-state index in [1.807, 2.05) is 0 Å². The van der Waals surface area contributed by atoms with E-state index in [0.717, 1.165) is 11.8 Å². The number of aliphatic hydroxyl groups is 1. The van der Waals surface area contributed by atoms with Gasteiger partial charge in [0.05, 0.1) is 19.3 Å². The third-order valence-electron chi connectivity index (χ3n) is 4.00. The summed E-state index contributed by atoms with van der Waals surface area (Å²) >= 11 is 0. The third-order valence-corrected chi connectivity index (χ3v) is 4.00. The fourth-order valence-corrected chi connectivity index (χ4v) is 2.53. The molecule has 0 bridgehead atoms. The van der Waals surface area contributed by atoms with E-state index in [4.69, 9.17) is 9.84 Å². The van der Waals surface area contributed by atoms with Gasteiger partial charge in [0.25, 0.3) is 0 Å². The molecule has 0 spiro atoms. The molecule has 2 heteroatoms. The highest BCUT2D eigenvalue weighted by atomic mass is 16.5. The van der Waals surface area contributed by atoms with E-state index in [1.165, 1.54) is 44.9 Å². The molecule has 2 nitrogen and oxygen atoms in total. The van der Waals surface area contributed by atoms with Crippen molar-refractivity contribution in [1.82, 2.24) is 0 Å². The quantitative estimate of drug-likeness (QED) is 0.724. The molecule has 0 aromatic rings.